The fourth-order valence-corrected chi connectivity index (χ4v) is 5.29. The fourth-order valence-electron chi connectivity index (χ4n) is 3.18. The first-order valence-corrected chi connectivity index (χ1v) is 11.1. The van der Waals surface area contributed by atoms with Crippen LogP contribution in [0.2, 0.25) is 0 Å². The van der Waals surface area contributed by atoms with Crippen LogP contribution in [0.4, 0.5) is 10.1 Å². The van der Waals surface area contributed by atoms with Crippen molar-refractivity contribution in [2.45, 2.75) is 30.2 Å². The molecule has 1 heterocycles. The molecule has 9 heteroatoms. The third-order valence-electron chi connectivity index (χ3n) is 4.66. The molecule has 150 valence electrons. The average molecular weight is 471 g/mol. The molecule has 1 atom stereocenters. The number of halogens is 2. The summed E-state index contributed by atoms with van der Waals surface area (Å²) < 4.78 is 40.9. The number of hydrogen-bond acceptors (Lipinski definition) is 4. The van der Waals surface area contributed by atoms with Gasteiger partial charge in [-0.3, -0.25) is 4.79 Å². The number of hydrogen-bond donors (Lipinski definition) is 2. The lowest BCUT2D eigenvalue weighted by molar-refractivity contribution is 0.102. The third-order valence-corrected chi connectivity index (χ3v) is 7.22. The van der Waals surface area contributed by atoms with E-state index in [0.29, 0.717) is 18.7 Å². The molecule has 0 bridgehead atoms. The fraction of sp³-hybridized carbons (Fsp3) is 0.316. The van der Waals surface area contributed by atoms with E-state index in [-0.39, 0.29) is 21.5 Å². The minimum absolute atomic E-state index is 0.000728. The van der Waals surface area contributed by atoms with Gasteiger partial charge in [-0.1, -0.05) is 12.5 Å². The zero-order valence-corrected chi connectivity index (χ0v) is 17.3. The predicted octanol–water partition coefficient (Wildman–Crippen LogP) is 3.38. The van der Waals surface area contributed by atoms with Crippen molar-refractivity contribution in [3.8, 4) is 0 Å². The molecule has 28 heavy (non-hydrogen) atoms. The van der Waals surface area contributed by atoms with E-state index in [4.69, 9.17) is 0 Å². The largest absolute Gasteiger partial charge is 0.395 e. The number of rotatable bonds is 5. The second-order valence-electron chi connectivity index (χ2n) is 6.56. The molecule has 0 aliphatic carbocycles. The van der Waals surface area contributed by atoms with Crippen LogP contribution in [0.3, 0.4) is 0 Å². The summed E-state index contributed by atoms with van der Waals surface area (Å²) in [6.45, 7) is 0.104. The lowest BCUT2D eigenvalue weighted by Crippen LogP contribution is -2.45. The highest BCUT2D eigenvalue weighted by atomic mass is 79.9. The Bertz CT molecular complexity index is 984. The SMILES string of the molecule is O=C(Nc1ccc(F)c(Br)c1)c1cccc(S(=O)(=O)N2CCCCC2CO)c1. The summed E-state index contributed by atoms with van der Waals surface area (Å²) in [5, 5.41) is 12.1. The van der Waals surface area contributed by atoms with Crippen LogP contribution in [-0.4, -0.2) is 42.9 Å². The van der Waals surface area contributed by atoms with Gasteiger partial charge in [-0.15, -0.1) is 0 Å². The third kappa shape index (κ3) is 4.43. The average Bonchev–Trinajstić information content (AvgIpc) is 2.70. The summed E-state index contributed by atoms with van der Waals surface area (Å²) in [6.07, 6.45) is 2.21. The number of nitrogens with zero attached hydrogens (tertiary/aromatic N) is 1. The van der Waals surface area contributed by atoms with Crippen LogP contribution in [0.25, 0.3) is 0 Å². The van der Waals surface area contributed by atoms with E-state index in [9.17, 15) is 22.7 Å². The van der Waals surface area contributed by atoms with E-state index in [1.807, 2.05) is 0 Å². The number of anilines is 1. The lowest BCUT2D eigenvalue weighted by atomic mass is 10.1. The van der Waals surface area contributed by atoms with Crippen molar-refractivity contribution >= 4 is 37.5 Å². The number of carbonyl (C=O) groups is 1. The first-order chi connectivity index (χ1) is 13.3. The molecular formula is C19H20BrFN2O4S. The Morgan fingerprint density at radius 2 is 2.04 bits per heavy atom. The Kier molecular flexibility index (Phi) is 6.49. The van der Waals surface area contributed by atoms with Crippen molar-refractivity contribution in [2.75, 3.05) is 18.5 Å². The molecule has 1 fully saturated rings. The van der Waals surface area contributed by atoms with Crippen LogP contribution in [0.5, 0.6) is 0 Å². The molecule has 3 rings (SSSR count). The molecule has 0 spiro atoms. The van der Waals surface area contributed by atoms with E-state index < -0.39 is 27.8 Å². The molecule has 2 aromatic carbocycles. The van der Waals surface area contributed by atoms with Crippen LogP contribution in [0.1, 0.15) is 29.6 Å². The minimum atomic E-state index is -3.83. The van der Waals surface area contributed by atoms with Crippen molar-refractivity contribution in [3.05, 3.63) is 58.3 Å². The van der Waals surface area contributed by atoms with Crippen LogP contribution in [0, 0.1) is 5.82 Å². The van der Waals surface area contributed by atoms with Gasteiger partial charge in [0.25, 0.3) is 5.91 Å². The van der Waals surface area contributed by atoms with Crippen molar-refractivity contribution < 1.29 is 22.7 Å². The van der Waals surface area contributed by atoms with Gasteiger partial charge < -0.3 is 10.4 Å². The van der Waals surface area contributed by atoms with Gasteiger partial charge in [0, 0.05) is 23.8 Å². The molecule has 2 N–H and O–H groups in total. The Labute approximate surface area is 171 Å². The Morgan fingerprint density at radius 3 is 2.75 bits per heavy atom. The van der Waals surface area contributed by atoms with Gasteiger partial charge in [-0.2, -0.15) is 4.31 Å². The first kappa shape index (κ1) is 20.9. The summed E-state index contributed by atoms with van der Waals surface area (Å²) in [5.41, 5.74) is 0.544. The molecule has 1 aliphatic heterocycles. The number of aliphatic hydroxyl groups is 1. The number of nitrogens with one attached hydrogen (secondary N) is 1. The van der Waals surface area contributed by atoms with E-state index in [1.54, 1.807) is 0 Å². The van der Waals surface area contributed by atoms with Crippen LogP contribution < -0.4 is 5.32 Å². The number of carbonyl (C=O) groups excluding carboxylic acids is 1. The number of sulfonamides is 1. The second kappa shape index (κ2) is 8.69. The Morgan fingerprint density at radius 1 is 1.25 bits per heavy atom. The molecule has 0 saturated carbocycles. The standard InChI is InChI=1S/C19H20BrFN2O4S/c20-17-11-14(7-8-18(17)21)22-19(25)13-4-3-6-16(10-13)28(26,27)23-9-2-1-5-15(23)12-24/h3-4,6-8,10-11,15,24H,1-2,5,9,12H2,(H,22,25). The van der Waals surface area contributed by atoms with E-state index in [2.05, 4.69) is 21.2 Å². The summed E-state index contributed by atoms with van der Waals surface area (Å²) in [4.78, 5) is 12.5. The molecule has 1 unspecified atom stereocenters. The predicted molar refractivity (Wildman–Crippen MR) is 107 cm³/mol. The molecule has 0 radical (unpaired) electrons. The van der Waals surface area contributed by atoms with Gasteiger partial charge in [-0.25, -0.2) is 12.8 Å². The quantitative estimate of drug-likeness (QED) is 0.700. The summed E-state index contributed by atoms with van der Waals surface area (Å²) in [5.74, 6) is -0.959. The monoisotopic (exact) mass is 470 g/mol. The Balaban J connectivity index is 1.84. The van der Waals surface area contributed by atoms with E-state index in [0.717, 1.165) is 12.8 Å². The number of piperidine rings is 1. The van der Waals surface area contributed by atoms with Crippen molar-refractivity contribution in [3.63, 3.8) is 0 Å². The maximum absolute atomic E-state index is 13.3. The summed E-state index contributed by atoms with van der Waals surface area (Å²) in [7, 11) is -3.83. The van der Waals surface area contributed by atoms with E-state index in [1.165, 1.54) is 46.8 Å². The molecule has 1 amide bonds. The van der Waals surface area contributed by atoms with Crippen LogP contribution in [-0.2, 0) is 10.0 Å². The van der Waals surface area contributed by atoms with Crippen molar-refractivity contribution in [2.24, 2.45) is 0 Å². The zero-order chi connectivity index (χ0) is 20.3. The normalized spacial score (nSPS) is 18.0. The van der Waals surface area contributed by atoms with Gasteiger partial charge in [0.2, 0.25) is 10.0 Å². The lowest BCUT2D eigenvalue weighted by Gasteiger charge is -2.33. The van der Waals surface area contributed by atoms with Gasteiger partial charge in [0.15, 0.2) is 0 Å². The number of amides is 1. The number of aliphatic hydroxyl groups excluding tert-OH is 1. The molecule has 0 aromatic heterocycles. The number of benzene rings is 2. The molecule has 2 aromatic rings. The minimum Gasteiger partial charge on any atom is -0.395 e. The first-order valence-electron chi connectivity index (χ1n) is 8.82. The maximum atomic E-state index is 13.3. The van der Waals surface area contributed by atoms with Crippen LogP contribution >= 0.6 is 15.9 Å². The molecule has 1 saturated heterocycles. The van der Waals surface area contributed by atoms with Crippen LogP contribution in [0.15, 0.2) is 51.8 Å². The van der Waals surface area contributed by atoms with Gasteiger partial charge in [-0.05, 0) is 65.2 Å². The molecule has 6 nitrogen and oxygen atoms in total. The van der Waals surface area contributed by atoms with Gasteiger partial charge in [0.05, 0.1) is 16.0 Å². The Hall–Kier alpha value is -1.81. The van der Waals surface area contributed by atoms with Crippen molar-refractivity contribution in [1.82, 2.24) is 4.31 Å². The zero-order valence-electron chi connectivity index (χ0n) is 14.9. The summed E-state index contributed by atoms with van der Waals surface area (Å²) >= 11 is 3.05. The molecular weight excluding hydrogens is 451 g/mol. The van der Waals surface area contributed by atoms with E-state index >= 15 is 0 Å². The highest BCUT2D eigenvalue weighted by molar-refractivity contribution is 9.10. The topological polar surface area (TPSA) is 86.7 Å². The smallest absolute Gasteiger partial charge is 0.255 e. The maximum Gasteiger partial charge on any atom is 0.255 e. The van der Waals surface area contributed by atoms with Gasteiger partial charge in [0.1, 0.15) is 5.82 Å². The second-order valence-corrected chi connectivity index (χ2v) is 9.30. The van der Waals surface area contributed by atoms with Gasteiger partial charge >= 0.3 is 0 Å². The highest BCUT2D eigenvalue weighted by Crippen LogP contribution is 2.26. The highest BCUT2D eigenvalue weighted by Gasteiger charge is 2.33. The van der Waals surface area contributed by atoms with Crippen molar-refractivity contribution in [1.29, 1.82) is 0 Å². The summed E-state index contributed by atoms with van der Waals surface area (Å²) in [6, 6.07) is 9.35. The molecule has 1 aliphatic rings.